The number of ether oxygens (including phenoxy) is 2. The van der Waals surface area contributed by atoms with Crippen molar-refractivity contribution in [2.45, 2.75) is 46.6 Å². The first-order valence-electron chi connectivity index (χ1n) is 8.33. The third-order valence-corrected chi connectivity index (χ3v) is 3.77. The number of carbonyl (C=O) groups is 2. The van der Waals surface area contributed by atoms with Crippen LogP contribution in [0.1, 0.15) is 40.2 Å². The van der Waals surface area contributed by atoms with Crippen LogP contribution in [0.4, 0.5) is 0 Å². The summed E-state index contributed by atoms with van der Waals surface area (Å²) in [7, 11) is 3.17. The Hall–Kier alpha value is -2.24. The van der Waals surface area contributed by atoms with Crippen LogP contribution in [0.25, 0.3) is 0 Å². The second kappa shape index (κ2) is 8.23. The van der Waals surface area contributed by atoms with Gasteiger partial charge < -0.3 is 20.1 Å². The molecular formula is C19H30N2O4. The normalized spacial score (nSPS) is 11.6. The van der Waals surface area contributed by atoms with Crippen LogP contribution in [-0.4, -0.2) is 38.1 Å². The fourth-order valence-corrected chi connectivity index (χ4v) is 2.18. The van der Waals surface area contributed by atoms with Gasteiger partial charge in [0, 0.05) is 12.1 Å². The van der Waals surface area contributed by atoms with E-state index in [4.69, 9.17) is 9.47 Å². The molecule has 0 aliphatic heterocycles. The van der Waals surface area contributed by atoms with Gasteiger partial charge in [0.25, 0.3) is 0 Å². The lowest BCUT2D eigenvalue weighted by Crippen LogP contribution is -2.53. The number of methoxy groups -OCH3 is 2. The van der Waals surface area contributed by atoms with E-state index in [9.17, 15) is 9.59 Å². The largest absolute Gasteiger partial charge is 0.493 e. The fourth-order valence-electron chi connectivity index (χ4n) is 2.18. The lowest BCUT2D eigenvalue weighted by Gasteiger charge is -2.28. The average molecular weight is 350 g/mol. The van der Waals surface area contributed by atoms with Crippen molar-refractivity contribution in [1.29, 1.82) is 0 Å². The van der Waals surface area contributed by atoms with Crippen LogP contribution >= 0.6 is 0 Å². The first kappa shape index (κ1) is 20.8. The quantitative estimate of drug-likeness (QED) is 0.740. The van der Waals surface area contributed by atoms with Gasteiger partial charge in [0.15, 0.2) is 11.5 Å². The predicted molar refractivity (Wildman–Crippen MR) is 97.9 cm³/mol. The summed E-state index contributed by atoms with van der Waals surface area (Å²) in [4.78, 5) is 24.7. The number of rotatable bonds is 7. The zero-order valence-electron chi connectivity index (χ0n) is 16.3. The van der Waals surface area contributed by atoms with E-state index in [0.717, 1.165) is 5.56 Å². The monoisotopic (exact) mass is 350 g/mol. The second-order valence-corrected chi connectivity index (χ2v) is 7.52. The Balaban J connectivity index is 2.63. The molecule has 1 aromatic rings. The van der Waals surface area contributed by atoms with E-state index in [1.807, 2.05) is 39.0 Å². The Morgan fingerprint density at radius 3 is 2.08 bits per heavy atom. The van der Waals surface area contributed by atoms with Crippen molar-refractivity contribution in [2.24, 2.45) is 5.41 Å². The van der Waals surface area contributed by atoms with Crippen LogP contribution < -0.4 is 20.1 Å². The maximum Gasteiger partial charge on any atom is 0.235 e. The summed E-state index contributed by atoms with van der Waals surface area (Å²) in [5.74, 6) is 0.727. The van der Waals surface area contributed by atoms with Crippen molar-refractivity contribution >= 4 is 11.8 Å². The predicted octanol–water partition coefficient (Wildman–Crippen LogP) is 2.30. The number of carbonyl (C=O) groups excluding carboxylic acids is 2. The molecule has 0 spiro atoms. The van der Waals surface area contributed by atoms with E-state index >= 15 is 0 Å². The Kier molecular flexibility index (Phi) is 6.85. The maximum absolute atomic E-state index is 12.4. The summed E-state index contributed by atoms with van der Waals surface area (Å²) in [6.07, 6.45) is 0.628. The van der Waals surface area contributed by atoms with Crippen molar-refractivity contribution < 1.29 is 19.1 Å². The summed E-state index contributed by atoms with van der Waals surface area (Å²) < 4.78 is 10.5. The van der Waals surface area contributed by atoms with E-state index in [0.29, 0.717) is 24.5 Å². The summed E-state index contributed by atoms with van der Waals surface area (Å²) in [6.45, 7) is 9.34. The highest BCUT2D eigenvalue weighted by atomic mass is 16.5. The molecule has 0 atom stereocenters. The molecule has 0 radical (unpaired) electrons. The molecular weight excluding hydrogens is 320 g/mol. The van der Waals surface area contributed by atoms with Gasteiger partial charge in [-0.1, -0.05) is 6.07 Å². The van der Waals surface area contributed by atoms with Gasteiger partial charge in [-0.2, -0.15) is 0 Å². The van der Waals surface area contributed by atoms with Gasteiger partial charge in [-0.15, -0.1) is 0 Å². The van der Waals surface area contributed by atoms with Crippen LogP contribution in [-0.2, 0) is 16.0 Å². The topological polar surface area (TPSA) is 76.7 Å². The number of nitrogens with one attached hydrogen (secondary N) is 2. The van der Waals surface area contributed by atoms with E-state index in [1.165, 1.54) is 0 Å². The average Bonchev–Trinajstić information content (AvgIpc) is 2.52. The summed E-state index contributed by atoms with van der Waals surface area (Å²) in [5.41, 5.74) is -0.506. The minimum absolute atomic E-state index is 0.288. The maximum atomic E-state index is 12.4. The Morgan fingerprint density at radius 2 is 1.56 bits per heavy atom. The molecule has 0 fully saturated rings. The molecule has 0 heterocycles. The second-order valence-electron chi connectivity index (χ2n) is 7.52. The number of hydrogen-bond donors (Lipinski definition) is 2. The minimum atomic E-state index is -1.13. The van der Waals surface area contributed by atoms with Gasteiger partial charge in [0.2, 0.25) is 11.8 Å². The van der Waals surface area contributed by atoms with Crippen LogP contribution in [0.2, 0.25) is 0 Å². The summed E-state index contributed by atoms with van der Waals surface area (Å²) >= 11 is 0. The Bertz CT molecular complexity index is 618. The number of benzene rings is 1. The highest BCUT2D eigenvalue weighted by Crippen LogP contribution is 2.27. The third kappa shape index (κ3) is 5.96. The van der Waals surface area contributed by atoms with Crippen LogP contribution in [0.15, 0.2) is 18.2 Å². The molecule has 0 saturated heterocycles. The molecule has 1 aromatic carbocycles. The van der Waals surface area contributed by atoms with Gasteiger partial charge in [0.05, 0.1) is 14.2 Å². The van der Waals surface area contributed by atoms with Crippen molar-refractivity contribution in [3.63, 3.8) is 0 Å². The highest BCUT2D eigenvalue weighted by Gasteiger charge is 2.37. The molecule has 0 bridgehead atoms. The molecule has 2 amide bonds. The molecule has 0 saturated carbocycles. The summed E-state index contributed by atoms with van der Waals surface area (Å²) in [6, 6.07) is 5.63. The zero-order valence-corrected chi connectivity index (χ0v) is 16.3. The molecule has 2 N–H and O–H groups in total. The van der Waals surface area contributed by atoms with E-state index in [-0.39, 0.29) is 17.4 Å². The smallest absolute Gasteiger partial charge is 0.235 e. The minimum Gasteiger partial charge on any atom is -0.493 e. The molecule has 0 unspecified atom stereocenters. The van der Waals surface area contributed by atoms with Crippen LogP contribution in [0.5, 0.6) is 11.5 Å². The third-order valence-electron chi connectivity index (χ3n) is 3.77. The fraction of sp³-hybridized carbons (Fsp3) is 0.579. The lowest BCUT2D eigenvalue weighted by molar-refractivity contribution is -0.142. The van der Waals surface area contributed by atoms with Gasteiger partial charge in [-0.3, -0.25) is 9.59 Å². The van der Waals surface area contributed by atoms with Gasteiger partial charge >= 0.3 is 0 Å². The van der Waals surface area contributed by atoms with E-state index in [1.54, 1.807) is 28.1 Å². The van der Waals surface area contributed by atoms with Gasteiger partial charge in [0.1, 0.15) is 5.41 Å². The first-order valence-corrected chi connectivity index (χ1v) is 8.33. The number of hydrogen-bond acceptors (Lipinski definition) is 4. The van der Waals surface area contributed by atoms with E-state index in [2.05, 4.69) is 10.6 Å². The number of amides is 2. The van der Waals surface area contributed by atoms with Crippen molar-refractivity contribution in [1.82, 2.24) is 10.6 Å². The lowest BCUT2D eigenvalue weighted by atomic mass is 9.89. The van der Waals surface area contributed by atoms with Crippen molar-refractivity contribution in [3.8, 4) is 11.5 Å². The molecule has 1 rings (SSSR count). The SMILES string of the molecule is COc1ccc(CCNC(=O)C(C)(C)C(=O)NC(C)(C)C)cc1OC. The Morgan fingerprint density at radius 1 is 0.960 bits per heavy atom. The molecule has 6 heteroatoms. The zero-order chi connectivity index (χ0) is 19.3. The molecule has 0 aromatic heterocycles. The molecule has 25 heavy (non-hydrogen) atoms. The van der Waals surface area contributed by atoms with Crippen LogP contribution in [0.3, 0.4) is 0 Å². The molecule has 0 aliphatic rings. The van der Waals surface area contributed by atoms with Crippen molar-refractivity contribution in [3.05, 3.63) is 23.8 Å². The summed E-state index contributed by atoms with van der Waals surface area (Å²) in [5, 5.41) is 5.68. The Labute approximate surface area is 150 Å². The van der Waals surface area contributed by atoms with E-state index < -0.39 is 5.41 Å². The standard InChI is InChI=1S/C19H30N2O4/c1-18(2,3)21-17(23)19(4,5)16(22)20-11-10-13-8-9-14(24-6)15(12-13)25-7/h8-9,12H,10-11H2,1-7H3,(H,20,22)(H,21,23). The first-order chi connectivity index (χ1) is 11.5. The highest BCUT2D eigenvalue weighted by molar-refractivity contribution is 6.04. The van der Waals surface area contributed by atoms with Crippen LogP contribution in [0, 0.1) is 5.41 Å². The van der Waals surface area contributed by atoms with Crippen molar-refractivity contribution in [2.75, 3.05) is 20.8 Å². The molecule has 140 valence electrons. The van der Waals surface area contributed by atoms with Gasteiger partial charge in [-0.05, 0) is 58.7 Å². The molecule has 6 nitrogen and oxygen atoms in total. The molecule has 0 aliphatic carbocycles. The van der Waals surface area contributed by atoms with Gasteiger partial charge in [-0.25, -0.2) is 0 Å².